The maximum Gasteiger partial charge on any atom is 0.223 e. The van der Waals surface area contributed by atoms with Gasteiger partial charge in [0.1, 0.15) is 0 Å². The molecular formula is C20H26N4O. The van der Waals surface area contributed by atoms with Gasteiger partial charge in [0.25, 0.3) is 0 Å². The average molecular weight is 338 g/mol. The van der Waals surface area contributed by atoms with Crippen LogP contribution in [0.3, 0.4) is 0 Å². The van der Waals surface area contributed by atoms with E-state index < -0.39 is 0 Å². The monoisotopic (exact) mass is 338 g/mol. The van der Waals surface area contributed by atoms with Crippen LogP contribution in [0.25, 0.3) is 0 Å². The molecule has 1 aromatic carbocycles. The Kier molecular flexibility index (Phi) is 4.57. The summed E-state index contributed by atoms with van der Waals surface area (Å²) in [6, 6.07) is 11.2. The molecule has 1 atom stereocenters. The molecule has 5 heteroatoms. The van der Waals surface area contributed by atoms with E-state index in [1.54, 1.807) is 0 Å². The number of hydrogen-bond acceptors (Lipinski definition) is 3. The fourth-order valence-electron chi connectivity index (χ4n) is 3.60. The van der Waals surface area contributed by atoms with Crippen molar-refractivity contribution in [2.45, 2.75) is 45.3 Å². The Labute approximate surface area is 149 Å². The third-order valence-corrected chi connectivity index (χ3v) is 5.20. The Hall–Kier alpha value is -2.14. The van der Waals surface area contributed by atoms with Gasteiger partial charge in [-0.2, -0.15) is 5.10 Å². The van der Waals surface area contributed by atoms with E-state index >= 15 is 0 Å². The quantitative estimate of drug-likeness (QED) is 0.881. The summed E-state index contributed by atoms with van der Waals surface area (Å²) in [6.45, 7) is 5.71. The molecule has 2 aliphatic rings. The van der Waals surface area contributed by atoms with E-state index in [-0.39, 0.29) is 11.8 Å². The highest BCUT2D eigenvalue weighted by atomic mass is 16.2. The van der Waals surface area contributed by atoms with Gasteiger partial charge in [0.2, 0.25) is 5.91 Å². The molecule has 0 unspecified atom stereocenters. The van der Waals surface area contributed by atoms with Crippen molar-refractivity contribution in [3.63, 3.8) is 0 Å². The van der Waals surface area contributed by atoms with Crippen LogP contribution in [-0.4, -0.2) is 33.7 Å². The summed E-state index contributed by atoms with van der Waals surface area (Å²) in [6.07, 6.45) is 4.93. The number of rotatable bonds is 6. The van der Waals surface area contributed by atoms with Gasteiger partial charge in [0.05, 0.1) is 11.7 Å². The second-order valence-corrected chi connectivity index (χ2v) is 7.43. The smallest absolute Gasteiger partial charge is 0.223 e. The Morgan fingerprint density at radius 1 is 1.24 bits per heavy atom. The van der Waals surface area contributed by atoms with Crippen molar-refractivity contribution in [3.8, 4) is 0 Å². The molecule has 1 aliphatic heterocycles. The van der Waals surface area contributed by atoms with E-state index in [1.165, 1.54) is 16.8 Å². The van der Waals surface area contributed by atoms with Crippen LogP contribution in [0.1, 0.15) is 42.1 Å². The number of aromatic nitrogens is 2. The van der Waals surface area contributed by atoms with Crippen molar-refractivity contribution in [2.24, 2.45) is 5.92 Å². The molecule has 2 heterocycles. The number of nitrogens with zero attached hydrogens (tertiary/aromatic N) is 3. The zero-order chi connectivity index (χ0) is 17.2. The number of amides is 1. The summed E-state index contributed by atoms with van der Waals surface area (Å²) >= 11 is 0. The van der Waals surface area contributed by atoms with E-state index in [2.05, 4.69) is 57.3 Å². The lowest BCUT2D eigenvalue weighted by molar-refractivity contribution is -0.122. The third-order valence-electron chi connectivity index (χ3n) is 5.20. The van der Waals surface area contributed by atoms with Gasteiger partial charge in [-0.25, -0.2) is 0 Å². The van der Waals surface area contributed by atoms with Gasteiger partial charge in [-0.1, -0.05) is 29.8 Å². The van der Waals surface area contributed by atoms with Gasteiger partial charge in [0, 0.05) is 38.3 Å². The second kappa shape index (κ2) is 7.00. The van der Waals surface area contributed by atoms with Crippen molar-refractivity contribution in [2.75, 3.05) is 13.1 Å². The summed E-state index contributed by atoms with van der Waals surface area (Å²) in [5.41, 5.74) is 3.90. The predicted molar refractivity (Wildman–Crippen MR) is 96.9 cm³/mol. The largest absolute Gasteiger partial charge is 0.356 e. The van der Waals surface area contributed by atoms with Crippen LogP contribution in [0.2, 0.25) is 0 Å². The first-order valence-corrected chi connectivity index (χ1v) is 9.27. The Morgan fingerprint density at radius 3 is 2.80 bits per heavy atom. The minimum absolute atomic E-state index is 0.230. The first-order valence-electron chi connectivity index (χ1n) is 9.27. The molecule has 0 bridgehead atoms. The van der Waals surface area contributed by atoms with Gasteiger partial charge in [-0.05, 0) is 37.8 Å². The summed E-state index contributed by atoms with van der Waals surface area (Å²) in [5, 5.41) is 7.60. The fraction of sp³-hybridized carbons (Fsp3) is 0.500. The van der Waals surface area contributed by atoms with Crippen molar-refractivity contribution < 1.29 is 4.79 Å². The topological polar surface area (TPSA) is 50.2 Å². The highest BCUT2D eigenvalue weighted by Gasteiger charge is 2.30. The van der Waals surface area contributed by atoms with Crippen molar-refractivity contribution in [1.29, 1.82) is 0 Å². The molecule has 2 aromatic rings. The lowest BCUT2D eigenvalue weighted by Gasteiger charge is -2.34. The Bertz CT molecular complexity index is 732. The van der Waals surface area contributed by atoms with Crippen LogP contribution in [0.5, 0.6) is 0 Å². The van der Waals surface area contributed by atoms with Crippen LogP contribution in [-0.2, 0) is 17.9 Å². The molecular weight excluding hydrogens is 312 g/mol. The molecule has 4 rings (SSSR count). The van der Waals surface area contributed by atoms with Gasteiger partial charge in [-0.15, -0.1) is 0 Å². The SMILES string of the molecule is Cc1ccc(CN2Cc3ccnn3[C@@H](CCNC(=O)C3CC3)C2)cc1. The van der Waals surface area contributed by atoms with E-state index in [4.69, 9.17) is 0 Å². The standard InChI is InChI=1S/C20H26N4O/c1-15-2-4-16(5-3-15)12-23-13-18(24-19(14-23)9-11-22-24)8-10-21-20(25)17-6-7-17/h2-5,9,11,17-18H,6-8,10,12-14H2,1H3,(H,21,25)/t18-/m0/s1. The molecule has 132 valence electrons. The van der Waals surface area contributed by atoms with Crippen molar-refractivity contribution in [3.05, 3.63) is 53.3 Å². The predicted octanol–water partition coefficient (Wildman–Crippen LogP) is 2.66. The zero-order valence-electron chi connectivity index (χ0n) is 14.8. The molecule has 1 aliphatic carbocycles. The lowest BCUT2D eigenvalue weighted by Crippen LogP contribution is -2.39. The van der Waals surface area contributed by atoms with Gasteiger partial charge in [0.15, 0.2) is 0 Å². The van der Waals surface area contributed by atoms with Crippen molar-refractivity contribution in [1.82, 2.24) is 20.0 Å². The van der Waals surface area contributed by atoms with Crippen LogP contribution in [0.4, 0.5) is 0 Å². The van der Waals surface area contributed by atoms with E-state index in [0.717, 1.165) is 45.4 Å². The van der Waals surface area contributed by atoms with Gasteiger partial charge < -0.3 is 5.32 Å². The minimum atomic E-state index is 0.230. The Balaban J connectivity index is 1.38. The molecule has 1 N–H and O–H groups in total. The molecule has 5 nitrogen and oxygen atoms in total. The van der Waals surface area contributed by atoms with Crippen LogP contribution >= 0.6 is 0 Å². The zero-order valence-corrected chi connectivity index (χ0v) is 14.8. The maximum atomic E-state index is 11.8. The minimum Gasteiger partial charge on any atom is -0.356 e. The summed E-state index contributed by atoms with van der Waals surface area (Å²) in [4.78, 5) is 14.3. The molecule has 0 spiro atoms. The number of carbonyl (C=O) groups is 1. The van der Waals surface area contributed by atoms with E-state index in [1.807, 2.05) is 6.20 Å². The first-order chi connectivity index (χ1) is 12.2. The lowest BCUT2D eigenvalue weighted by atomic mass is 10.1. The first kappa shape index (κ1) is 16.3. The molecule has 1 amide bonds. The van der Waals surface area contributed by atoms with Crippen LogP contribution in [0.15, 0.2) is 36.5 Å². The summed E-state index contributed by atoms with van der Waals surface area (Å²) < 4.78 is 2.15. The maximum absolute atomic E-state index is 11.8. The van der Waals surface area contributed by atoms with Gasteiger partial charge >= 0.3 is 0 Å². The van der Waals surface area contributed by atoms with Gasteiger partial charge in [-0.3, -0.25) is 14.4 Å². The van der Waals surface area contributed by atoms with Crippen LogP contribution in [0, 0.1) is 12.8 Å². The molecule has 1 fully saturated rings. The molecule has 1 aromatic heterocycles. The number of benzene rings is 1. The fourth-order valence-corrected chi connectivity index (χ4v) is 3.60. The average Bonchev–Trinajstić information content (AvgIpc) is 3.35. The van der Waals surface area contributed by atoms with Crippen molar-refractivity contribution >= 4 is 5.91 Å². The summed E-state index contributed by atoms with van der Waals surface area (Å²) in [5.74, 6) is 0.512. The van der Waals surface area contributed by atoms with E-state index in [0.29, 0.717) is 6.04 Å². The number of aryl methyl sites for hydroxylation is 1. The highest BCUT2D eigenvalue weighted by Crippen LogP contribution is 2.29. The normalized spacial score (nSPS) is 20.3. The second-order valence-electron chi connectivity index (χ2n) is 7.43. The number of carbonyl (C=O) groups excluding carboxylic acids is 1. The number of nitrogens with one attached hydrogen (secondary N) is 1. The molecule has 1 saturated carbocycles. The third kappa shape index (κ3) is 3.93. The summed E-state index contributed by atoms with van der Waals surface area (Å²) in [7, 11) is 0. The number of fused-ring (bicyclic) bond motifs is 1. The van der Waals surface area contributed by atoms with E-state index in [9.17, 15) is 4.79 Å². The molecule has 0 saturated heterocycles. The molecule has 25 heavy (non-hydrogen) atoms. The number of hydrogen-bond donors (Lipinski definition) is 1. The Morgan fingerprint density at radius 2 is 2.04 bits per heavy atom. The van der Waals surface area contributed by atoms with Crippen LogP contribution < -0.4 is 5.32 Å². The highest BCUT2D eigenvalue weighted by molar-refractivity contribution is 5.80. The molecule has 0 radical (unpaired) electrons.